The van der Waals surface area contributed by atoms with Crippen LogP contribution in [-0.4, -0.2) is 36.9 Å². The first-order valence-corrected chi connectivity index (χ1v) is 9.23. The first kappa shape index (κ1) is 20.4. The molecule has 0 radical (unpaired) electrons. The van der Waals surface area contributed by atoms with Gasteiger partial charge < -0.3 is 10.6 Å². The standard InChI is InChI=1S/C19H21BrClN3O2/c1-12-5-4-6-13(2)19(12)23-18(26)11-24(3)10-17(25)22-16-8-7-14(20)9-15(16)21/h4-9H,10-11H2,1-3H3,(H,22,25)(H,23,26). The van der Waals surface area contributed by atoms with Crippen molar-refractivity contribution in [3.63, 3.8) is 0 Å². The van der Waals surface area contributed by atoms with E-state index in [0.29, 0.717) is 10.7 Å². The average Bonchev–Trinajstić information content (AvgIpc) is 2.53. The molecule has 0 aromatic heterocycles. The second-order valence-corrected chi connectivity index (χ2v) is 7.48. The van der Waals surface area contributed by atoms with E-state index in [1.54, 1.807) is 30.1 Å². The Morgan fingerprint density at radius 2 is 1.62 bits per heavy atom. The molecule has 26 heavy (non-hydrogen) atoms. The number of hydrogen-bond donors (Lipinski definition) is 2. The number of benzene rings is 2. The van der Waals surface area contributed by atoms with Crippen LogP contribution in [0.1, 0.15) is 11.1 Å². The monoisotopic (exact) mass is 437 g/mol. The van der Waals surface area contributed by atoms with Crippen molar-refractivity contribution in [3.8, 4) is 0 Å². The second kappa shape index (κ2) is 9.16. The van der Waals surface area contributed by atoms with Gasteiger partial charge in [-0.15, -0.1) is 0 Å². The van der Waals surface area contributed by atoms with Crippen molar-refractivity contribution < 1.29 is 9.59 Å². The molecule has 2 amide bonds. The first-order valence-electron chi connectivity index (χ1n) is 8.06. The molecule has 0 saturated heterocycles. The molecule has 0 fully saturated rings. The number of carbonyl (C=O) groups is 2. The predicted octanol–water partition coefficient (Wildman–Crippen LogP) is 4.23. The molecule has 0 atom stereocenters. The lowest BCUT2D eigenvalue weighted by Crippen LogP contribution is -2.36. The molecule has 2 rings (SSSR count). The fraction of sp³-hybridized carbons (Fsp3) is 0.263. The number of rotatable bonds is 6. The van der Waals surface area contributed by atoms with Crippen molar-refractivity contribution in [3.05, 3.63) is 57.0 Å². The SMILES string of the molecule is Cc1cccc(C)c1NC(=O)CN(C)CC(=O)Nc1ccc(Br)cc1Cl. The maximum Gasteiger partial charge on any atom is 0.238 e. The molecular formula is C19H21BrClN3O2. The Kier molecular flexibility index (Phi) is 7.20. The molecule has 0 spiro atoms. The topological polar surface area (TPSA) is 61.4 Å². The van der Waals surface area contributed by atoms with Crippen LogP contribution in [0.5, 0.6) is 0 Å². The number of halogens is 2. The predicted molar refractivity (Wildman–Crippen MR) is 110 cm³/mol. The van der Waals surface area contributed by atoms with Gasteiger partial charge >= 0.3 is 0 Å². The Balaban J connectivity index is 1.88. The van der Waals surface area contributed by atoms with Gasteiger partial charge in [0.1, 0.15) is 0 Å². The van der Waals surface area contributed by atoms with E-state index in [1.165, 1.54) is 0 Å². The fourth-order valence-electron chi connectivity index (χ4n) is 2.52. The van der Waals surface area contributed by atoms with Crippen LogP contribution in [0, 0.1) is 13.8 Å². The van der Waals surface area contributed by atoms with Gasteiger partial charge in [0.2, 0.25) is 11.8 Å². The third-order valence-electron chi connectivity index (χ3n) is 3.78. The summed E-state index contributed by atoms with van der Waals surface area (Å²) in [6, 6.07) is 11.1. The van der Waals surface area contributed by atoms with Gasteiger partial charge in [-0.05, 0) is 50.2 Å². The maximum absolute atomic E-state index is 12.2. The molecule has 138 valence electrons. The molecule has 7 heteroatoms. The summed E-state index contributed by atoms with van der Waals surface area (Å²) in [5.74, 6) is -0.407. The molecule has 0 unspecified atom stereocenters. The molecule has 0 heterocycles. The van der Waals surface area contributed by atoms with Crippen molar-refractivity contribution in [2.45, 2.75) is 13.8 Å². The number of likely N-dealkylation sites (N-methyl/N-ethyl adjacent to an activating group) is 1. The summed E-state index contributed by atoms with van der Waals surface area (Å²) in [4.78, 5) is 26.0. The van der Waals surface area contributed by atoms with Crippen LogP contribution in [0.25, 0.3) is 0 Å². The van der Waals surface area contributed by atoms with Crippen LogP contribution in [0.15, 0.2) is 40.9 Å². The maximum atomic E-state index is 12.2. The number of nitrogens with zero attached hydrogens (tertiary/aromatic N) is 1. The minimum Gasteiger partial charge on any atom is -0.324 e. The van der Waals surface area contributed by atoms with E-state index < -0.39 is 0 Å². The van der Waals surface area contributed by atoms with Crippen LogP contribution in [-0.2, 0) is 9.59 Å². The summed E-state index contributed by atoms with van der Waals surface area (Å²) in [6.07, 6.45) is 0. The van der Waals surface area contributed by atoms with E-state index in [0.717, 1.165) is 21.3 Å². The van der Waals surface area contributed by atoms with Crippen LogP contribution in [0.2, 0.25) is 5.02 Å². The quantitative estimate of drug-likeness (QED) is 0.709. The molecular weight excluding hydrogens is 418 g/mol. The van der Waals surface area contributed by atoms with E-state index in [-0.39, 0.29) is 24.9 Å². The molecule has 0 bridgehead atoms. The third kappa shape index (κ3) is 5.83. The van der Waals surface area contributed by atoms with E-state index in [9.17, 15) is 9.59 Å². The molecule has 2 N–H and O–H groups in total. The highest BCUT2D eigenvalue weighted by molar-refractivity contribution is 9.10. The van der Waals surface area contributed by atoms with Crippen molar-refractivity contribution in [1.82, 2.24) is 4.90 Å². The summed E-state index contributed by atoms with van der Waals surface area (Å²) in [5.41, 5.74) is 3.36. The molecule has 5 nitrogen and oxygen atoms in total. The van der Waals surface area contributed by atoms with E-state index in [4.69, 9.17) is 11.6 Å². The Morgan fingerprint density at radius 1 is 1.04 bits per heavy atom. The van der Waals surface area contributed by atoms with Gasteiger partial charge in [-0.2, -0.15) is 0 Å². The second-order valence-electron chi connectivity index (χ2n) is 6.16. The van der Waals surface area contributed by atoms with Gasteiger partial charge in [0.25, 0.3) is 0 Å². The van der Waals surface area contributed by atoms with Crippen LogP contribution >= 0.6 is 27.5 Å². The van der Waals surface area contributed by atoms with Gasteiger partial charge in [-0.1, -0.05) is 45.7 Å². The minimum atomic E-state index is -0.239. The molecule has 0 saturated carbocycles. The van der Waals surface area contributed by atoms with Gasteiger partial charge in [-0.3, -0.25) is 14.5 Å². The Bertz CT molecular complexity index is 806. The van der Waals surface area contributed by atoms with E-state index >= 15 is 0 Å². The molecule has 0 aliphatic carbocycles. The molecule has 0 aliphatic heterocycles. The van der Waals surface area contributed by atoms with Crippen molar-refractivity contribution >= 4 is 50.7 Å². The summed E-state index contributed by atoms with van der Waals surface area (Å²) in [5, 5.41) is 6.10. The number of nitrogens with one attached hydrogen (secondary N) is 2. The van der Waals surface area contributed by atoms with Crippen molar-refractivity contribution in [1.29, 1.82) is 0 Å². The summed E-state index contributed by atoms with van der Waals surface area (Å²) in [6.45, 7) is 4.07. The number of hydrogen-bond acceptors (Lipinski definition) is 3. The molecule has 0 aliphatic rings. The largest absolute Gasteiger partial charge is 0.324 e. The Labute approximate surface area is 166 Å². The van der Waals surface area contributed by atoms with Crippen molar-refractivity contribution in [2.75, 3.05) is 30.8 Å². The minimum absolute atomic E-state index is 0.0760. The summed E-state index contributed by atoms with van der Waals surface area (Å²) in [7, 11) is 1.72. The zero-order chi connectivity index (χ0) is 19.3. The normalized spacial score (nSPS) is 10.7. The number of carbonyl (C=O) groups excluding carboxylic acids is 2. The van der Waals surface area contributed by atoms with Gasteiger partial charge in [-0.25, -0.2) is 0 Å². The highest BCUT2D eigenvalue weighted by atomic mass is 79.9. The highest BCUT2D eigenvalue weighted by Crippen LogP contribution is 2.25. The van der Waals surface area contributed by atoms with Crippen molar-refractivity contribution in [2.24, 2.45) is 0 Å². The van der Waals surface area contributed by atoms with Crippen LogP contribution < -0.4 is 10.6 Å². The van der Waals surface area contributed by atoms with E-state index in [1.807, 2.05) is 32.0 Å². The van der Waals surface area contributed by atoms with Crippen LogP contribution in [0.4, 0.5) is 11.4 Å². The smallest absolute Gasteiger partial charge is 0.238 e. The summed E-state index contributed by atoms with van der Waals surface area (Å²) >= 11 is 9.41. The lowest BCUT2D eigenvalue weighted by Gasteiger charge is -2.17. The Morgan fingerprint density at radius 3 is 2.19 bits per heavy atom. The van der Waals surface area contributed by atoms with Gasteiger partial charge in [0, 0.05) is 10.2 Å². The molecule has 2 aromatic carbocycles. The number of para-hydroxylation sites is 1. The zero-order valence-corrected chi connectivity index (χ0v) is 17.2. The molecule has 2 aromatic rings. The number of aryl methyl sites for hydroxylation is 2. The zero-order valence-electron chi connectivity index (χ0n) is 14.9. The van der Waals surface area contributed by atoms with E-state index in [2.05, 4.69) is 26.6 Å². The summed E-state index contributed by atoms with van der Waals surface area (Å²) < 4.78 is 0.834. The average molecular weight is 439 g/mol. The number of anilines is 2. The van der Waals surface area contributed by atoms with Crippen LogP contribution in [0.3, 0.4) is 0 Å². The fourth-order valence-corrected chi connectivity index (χ4v) is 3.24. The lowest BCUT2D eigenvalue weighted by atomic mass is 10.1. The van der Waals surface area contributed by atoms with Gasteiger partial charge in [0.05, 0.1) is 23.8 Å². The Hall–Kier alpha value is -1.89. The lowest BCUT2D eigenvalue weighted by molar-refractivity contribution is -0.119. The highest BCUT2D eigenvalue weighted by Gasteiger charge is 2.13. The number of amides is 2. The first-order chi connectivity index (χ1) is 12.3. The third-order valence-corrected chi connectivity index (χ3v) is 4.58. The van der Waals surface area contributed by atoms with Gasteiger partial charge in [0.15, 0.2) is 0 Å².